The van der Waals surface area contributed by atoms with Crippen LogP contribution in [0.25, 0.3) is 0 Å². The third-order valence-electron chi connectivity index (χ3n) is 2.94. The highest BCUT2D eigenvalue weighted by Gasteiger charge is 2.01. The van der Waals surface area contributed by atoms with E-state index in [-0.39, 0.29) is 5.91 Å². The number of amides is 1. The molecule has 0 aliphatic carbocycles. The van der Waals surface area contributed by atoms with Crippen LogP contribution < -0.4 is 10.6 Å². The summed E-state index contributed by atoms with van der Waals surface area (Å²) in [5.41, 5.74) is 0. The van der Waals surface area contributed by atoms with Gasteiger partial charge in [0.05, 0.1) is 0 Å². The smallest absolute Gasteiger partial charge is 0.221 e. The minimum Gasteiger partial charge on any atom is -0.356 e. The first-order chi connectivity index (χ1) is 8.52. The van der Waals surface area contributed by atoms with Crippen molar-refractivity contribution in [3.05, 3.63) is 0 Å². The van der Waals surface area contributed by atoms with Crippen molar-refractivity contribution >= 4 is 5.91 Å². The van der Waals surface area contributed by atoms with Crippen molar-refractivity contribution in [2.24, 2.45) is 5.92 Å². The van der Waals surface area contributed by atoms with Crippen molar-refractivity contribution in [2.45, 2.75) is 72.3 Å². The van der Waals surface area contributed by atoms with Gasteiger partial charge in [-0.05, 0) is 12.3 Å². The van der Waals surface area contributed by atoms with Crippen molar-refractivity contribution in [3.63, 3.8) is 0 Å². The number of unbranched alkanes of at least 4 members (excludes halogenated alkanes) is 3. The third kappa shape index (κ3) is 13.5. The Morgan fingerprint density at radius 2 is 1.61 bits per heavy atom. The van der Waals surface area contributed by atoms with Crippen LogP contribution in [0, 0.1) is 5.92 Å². The molecule has 0 saturated heterocycles. The zero-order valence-corrected chi connectivity index (χ0v) is 12.7. The van der Waals surface area contributed by atoms with Crippen LogP contribution in [0.5, 0.6) is 0 Å². The zero-order chi connectivity index (χ0) is 13.8. The molecule has 0 aromatic carbocycles. The van der Waals surface area contributed by atoms with Crippen molar-refractivity contribution in [1.82, 2.24) is 10.6 Å². The van der Waals surface area contributed by atoms with Gasteiger partial charge in [-0.15, -0.1) is 0 Å². The molecule has 0 rings (SSSR count). The van der Waals surface area contributed by atoms with Crippen molar-refractivity contribution in [3.8, 4) is 0 Å². The summed E-state index contributed by atoms with van der Waals surface area (Å²) in [4.78, 5) is 11.5. The predicted octanol–water partition coefficient (Wildman–Crippen LogP) is 3.10. The summed E-state index contributed by atoms with van der Waals surface area (Å²) in [5.74, 6) is 0.989. The normalized spacial score (nSPS) is 11.2. The monoisotopic (exact) mass is 256 g/mol. The molecule has 0 atom stereocenters. The van der Waals surface area contributed by atoms with E-state index in [0.29, 0.717) is 12.5 Å². The first-order valence-corrected chi connectivity index (χ1v) is 7.52. The molecule has 18 heavy (non-hydrogen) atoms. The van der Waals surface area contributed by atoms with Crippen LogP contribution in [-0.2, 0) is 4.79 Å². The van der Waals surface area contributed by atoms with Gasteiger partial charge < -0.3 is 10.6 Å². The average molecular weight is 256 g/mol. The van der Waals surface area contributed by atoms with Crippen molar-refractivity contribution in [1.29, 1.82) is 0 Å². The van der Waals surface area contributed by atoms with Gasteiger partial charge >= 0.3 is 0 Å². The van der Waals surface area contributed by atoms with Crippen LogP contribution in [0.3, 0.4) is 0 Å². The van der Waals surface area contributed by atoms with Gasteiger partial charge in [-0.2, -0.15) is 0 Å². The second-order valence-electron chi connectivity index (χ2n) is 5.81. The Balaban J connectivity index is 3.20. The topological polar surface area (TPSA) is 41.1 Å². The second-order valence-corrected chi connectivity index (χ2v) is 5.81. The molecule has 0 radical (unpaired) electrons. The number of hydrogen-bond donors (Lipinski definition) is 2. The molecule has 0 aliphatic rings. The molecule has 3 heteroatoms. The number of carbonyl (C=O) groups is 1. The Bertz CT molecular complexity index is 203. The van der Waals surface area contributed by atoms with Crippen LogP contribution in [0.15, 0.2) is 0 Å². The maximum Gasteiger partial charge on any atom is 0.221 e. The van der Waals surface area contributed by atoms with E-state index in [2.05, 4.69) is 38.3 Å². The first kappa shape index (κ1) is 17.4. The molecule has 3 nitrogen and oxygen atoms in total. The number of nitrogens with one attached hydrogen (secondary N) is 2. The van der Waals surface area contributed by atoms with E-state index in [1.54, 1.807) is 0 Å². The highest BCUT2D eigenvalue weighted by Crippen LogP contribution is 2.08. The summed E-state index contributed by atoms with van der Waals surface area (Å²) in [7, 11) is 0. The van der Waals surface area contributed by atoms with Gasteiger partial charge in [0.15, 0.2) is 0 Å². The molecule has 0 fully saturated rings. The molecular weight excluding hydrogens is 224 g/mol. The highest BCUT2D eigenvalue weighted by atomic mass is 16.1. The van der Waals surface area contributed by atoms with E-state index in [9.17, 15) is 4.79 Å². The van der Waals surface area contributed by atoms with E-state index in [4.69, 9.17) is 0 Å². The van der Waals surface area contributed by atoms with Crippen molar-refractivity contribution < 1.29 is 4.79 Å². The van der Waals surface area contributed by atoms with Gasteiger partial charge in [0.1, 0.15) is 0 Å². The number of hydrogen-bond acceptors (Lipinski definition) is 2. The fourth-order valence-electron chi connectivity index (χ4n) is 1.82. The molecule has 0 saturated carbocycles. The van der Waals surface area contributed by atoms with Gasteiger partial charge in [0.2, 0.25) is 5.91 Å². The Morgan fingerprint density at radius 1 is 0.944 bits per heavy atom. The standard InChI is InChI=1S/C15H32N2O/c1-13(2)9-7-5-6-8-11-17-15(18)10-12-16-14(3)4/h13-14,16H,5-12H2,1-4H3,(H,17,18). The molecule has 0 aromatic rings. The Hall–Kier alpha value is -0.570. The quantitative estimate of drug-likeness (QED) is 0.558. The molecule has 108 valence electrons. The lowest BCUT2D eigenvalue weighted by Gasteiger charge is -2.08. The summed E-state index contributed by atoms with van der Waals surface area (Å²) < 4.78 is 0. The molecule has 0 aliphatic heterocycles. The van der Waals surface area contributed by atoms with E-state index in [1.165, 1.54) is 25.7 Å². The summed E-state index contributed by atoms with van der Waals surface area (Å²) in [6, 6.07) is 0.457. The molecule has 0 heterocycles. The van der Waals surface area contributed by atoms with Gasteiger partial charge in [0, 0.05) is 25.6 Å². The van der Waals surface area contributed by atoms with Gasteiger partial charge in [-0.3, -0.25) is 4.79 Å². The van der Waals surface area contributed by atoms with Crippen LogP contribution in [0.1, 0.15) is 66.2 Å². The van der Waals surface area contributed by atoms with Crippen LogP contribution in [0.4, 0.5) is 0 Å². The summed E-state index contributed by atoms with van der Waals surface area (Å²) in [6.07, 6.45) is 6.88. The molecular formula is C15H32N2O. The summed E-state index contributed by atoms with van der Waals surface area (Å²) >= 11 is 0. The minimum absolute atomic E-state index is 0.172. The third-order valence-corrected chi connectivity index (χ3v) is 2.94. The van der Waals surface area contributed by atoms with Gasteiger partial charge in [-0.1, -0.05) is 53.4 Å². The Labute approximate surface area is 113 Å². The molecule has 1 amide bonds. The first-order valence-electron chi connectivity index (χ1n) is 7.52. The molecule has 0 spiro atoms. The Morgan fingerprint density at radius 3 is 2.22 bits per heavy atom. The lowest BCUT2D eigenvalue weighted by Crippen LogP contribution is -2.31. The van der Waals surface area contributed by atoms with Gasteiger partial charge in [0.25, 0.3) is 0 Å². The minimum atomic E-state index is 0.172. The SMILES string of the molecule is CC(C)CCCCCCNC(=O)CCNC(C)C. The number of rotatable bonds is 11. The van der Waals surface area contributed by atoms with Crippen LogP contribution in [0.2, 0.25) is 0 Å². The van der Waals surface area contributed by atoms with Crippen molar-refractivity contribution in [2.75, 3.05) is 13.1 Å². The van der Waals surface area contributed by atoms with E-state index < -0.39 is 0 Å². The predicted molar refractivity (Wildman–Crippen MR) is 78.7 cm³/mol. The molecule has 0 aromatic heterocycles. The van der Waals surface area contributed by atoms with E-state index >= 15 is 0 Å². The largest absolute Gasteiger partial charge is 0.356 e. The maximum atomic E-state index is 11.5. The maximum absolute atomic E-state index is 11.5. The van der Waals surface area contributed by atoms with Crippen LogP contribution >= 0.6 is 0 Å². The fraction of sp³-hybridized carbons (Fsp3) is 0.933. The zero-order valence-electron chi connectivity index (χ0n) is 12.7. The Kier molecular flexibility index (Phi) is 11.2. The molecule has 0 bridgehead atoms. The molecule has 2 N–H and O–H groups in total. The summed E-state index contributed by atoms with van der Waals surface area (Å²) in [5, 5.41) is 6.22. The number of carbonyl (C=O) groups excluding carboxylic acids is 1. The fourth-order valence-corrected chi connectivity index (χ4v) is 1.82. The second kappa shape index (κ2) is 11.5. The van der Waals surface area contributed by atoms with E-state index in [0.717, 1.165) is 25.4 Å². The average Bonchev–Trinajstić information content (AvgIpc) is 2.26. The lowest BCUT2D eigenvalue weighted by atomic mass is 10.0. The highest BCUT2D eigenvalue weighted by molar-refractivity contribution is 5.75. The van der Waals surface area contributed by atoms with E-state index in [1.807, 2.05) is 0 Å². The van der Waals surface area contributed by atoms with Crippen LogP contribution in [-0.4, -0.2) is 25.0 Å². The lowest BCUT2D eigenvalue weighted by molar-refractivity contribution is -0.121. The van der Waals surface area contributed by atoms with Gasteiger partial charge in [-0.25, -0.2) is 0 Å². The summed E-state index contributed by atoms with van der Waals surface area (Å²) in [6.45, 7) is 10.3. The molecule has 0 unspecified atom stereocenters.